The predicted molar refractivity (Wildman–Crippen MR) is 77.0 cm³/mol. The molecule has 2 N–H and O–H groups in total. The van der Waals surface area contributed by atoms with Crippen molar-refractivity contribution in [2.24, 2.45) is 0 Å². The van der Waals surface area contributed by atoms with Crippen LogP contribution < -0.4 is 5.32 Å². The molecule has 1 aliphatic rings. The third kappa shape index (κ3) is 3.03. The number of rotatable bonds is 4. The summed E-state index contributed by atoms with van der Waals surface area (Å²) in [5.74, 6) is -1.30. The standard InChI is InChI=1S/C14H14N2O4S/c17-13(9-5-6-10(20-9)14(18)19)15-7-12-16-8-3-1-2-4-11(8)21-12/h1-4,9-10H,5-7H2,(H,15,17)(H,18,19). The van der Waals surface area contributed by atoms with Crippen molar-refractivity contribution < 1.29 is 19.4 Å². The van der Waals surface area contributed by atoms with Gasteiger partial charge in [-0.2, -0.15) is 0 Å². The lowest BCUT2D eigenvalue weighted by Crippen LogP contribution is -2.35. The SMILES string of the molecule is O=C(O)C1CCC(C(=O)NCc2nc3ccccc3s2)O1. The molecule has 1 saturated heterocycles. The Labute approximate surface area is 124 Å². The number of carboxylic acid groups (broad SMARTS) is 1. The summed E-state index contributed by atoms with van der Waals surface area (Å²) in [5, 5.41) is 12.4. The van der Waals surface area contributed by atoms with E-state index in [0.717, 1.165) is 15.2 Å². The highest BCUT2D eigenvalue weighted by Gasteiger charge is 2.34. The Balaban J connectivity index is 1.57. The van der Waals surface area contributed by atoms with Gasteiger partial charge < -0.3 is 15.2 Å². The third-order valence-electron chi connectivity index (χ3n) is 3.34. The van der Waals surface area contributed by atoms with Crippen LogP contribution in [0.5, 0.6) is 0 Å². The molecule has 21 heavy (non-hydrogen) atoms. The van der Waals surface area contributed by atoms with Crippen molar-refractivity contribution in [2.45, 2.75) is 31.6 Å². The second-order valence-corrected chi connectivity index (χ2v) is 5.94. The van der Waals surface area contributed by atoms with Gasteiger partial charge in [0.2, 0.25) is 5.91 Å². The first-order valence-electron chi connectivity index (χ1n) is 6.64. The molecule has 0 aliphatic carbocycles. The first-order chi connectivity index (χ1) is 10.1. The molecule has 3 rings (SSSR count). The van der Waals surface area contributed by atoms with Crippen molar-refractivity contribution in [1.29, 1.82) is 0 Å². The maximum absolute atomic E-state index is 11.9. The largest absolute Gasteiger partial charge is 0.479 e. The van der Waals surface area contributed by atoms with Gasteiger partial charge in [0.15, 0.2) is 6.10 Å². The minimum Gasteiger partial charge on any atom is -0.479 e. The molecule has 2 atom stereocenters. The van der Waals surface area contributed by atoms with Crippen molar-refractivity contribution in [3.8, 4) is 0 Å². The molecule has 7 heteroatoms. The maximum atomic E-state index is 11.9. The third-order valence-corrected chi connectivity index (χ3v) is 4.38. The van der Waals surface area contributed by atoms with E-state index in [1.165, 1.54) is 11.3 Å². The van der Waals surface area contributed by atoms with E-state index in [0.29, 0.717) is 19.4 Å². The normalized spacial score (nSPS) is 21.5. The molecule has 1 fully saturated rings. The van der Waals surface area contributed by atoms with Crippen LogP contribution in [0.3, 0.4) is 0 Å². The number of para-hydroxylation sites is 1. The van der Waals surface area contributed by atoms with Crippen LogP contribution in [0.15, 0.2) is 24.3 Å². The lowest BCUT2D eigenvalue weighted by atomic mass is 10.2. The van der Waals surface area contributed by atoms with Crippen LogP contribution in [-0.4, -0.2) is 34.2 Å². The number of hydrogen-bond donors (Lipinski definition) is 2. The second-order valence-electron chi connectivity index (χ2n) is 4.82. The first-order valence-corrected chi connectivity index (χ1v) is 7.45. The molecule has 0 radical (unpaired) electrons. The average molecular weight is 306 g/mol. The summed E-state index contributed by atoms with van der Waals surface area (Å²) in [7, 11) is 0. The van der Waals surface area contributed by atoms with Crippen LogP contribution in [0.1, 0.15) is 17.8 Å². The second kappa shape index (κ2) is 5.79. The molecular formula is C14H14N2O4S. The number of hydrogen-bond acceptors (Lipinski definition) is 5. The summed E-state index contributed by atoms with van der Waals surface area (Å²) in [5.41, 5.74) is 0.912. The van der Waals surface area contributed by atoms with E-state index in [-0.39, 0.29) is 5.91 Å². The molecule has 6 nitrogen and oxygen atoms in total. The Morgan fingerprint density at radius 3 is 2.81 bits per heavy atom. The van der Waals surface area contributed by atoms with Gasteiger partial charge in [0.1, 0.15) is 11.1 Å². The molecule has 2 aromatic rings. The molecule has 110 valence electrons. The molecule has 0 saturated carbocycles. The van der Waals surface area contributed by atoms with Gasteiger partial charge in [-0.1, -0.05) is 12.1 Å². The van der Waals surface area contributed by atoms with Crippen molar-refractivity contribution in [2.75, 3.05) is 0 Å². The fourth-order valence-electron chi connectivity index (χ4n) is 2.28. The monoisotopic (exact) mass is 306 g/mol. The molecule has 1 aliphatic heterocycles. The number of aromatic nitrogens is 1. The Morgan fingerprint density at radius 2 is 2.10 bits per heavy atom. The molecular weight excluding hydrogens is 292 g/mol. The number of carbonyl (C=O) groups excluding carboxylic acids is 1. The number of fused-ring (bicyclic) bond motifs is 1. The minimum atomic E-state index is -1.02. The van der Waals surface area contributed by atoms with Gasteiger partial charge in [0, 0.05) is 0 Å². The van der Waals surface area contributed by atoms with E-state index in [1.807, 2.05) is 24.3 Å². The fraction of sp³-hybridized carbons (Fsp3) is 0.357. The summed E-state index contributed by atoms with van der Waals surface area (Å²) in [6.07, 6.45) is -0.749. The summed E-state index contributed by atoms with van der Waals surface area (Å²) >= 11 is 1.53. The number of nitrogens with zero attached hydrogens (tertiary/aromatic N) is 1. The number of aliphatic carboxylic acids is 1. The van der Waals surface area contributed by atoms with Crippen LogP contribution in [-0.2, 0) is 20.9 Å². The minimum absolute atomic E-state index is 0.280. The van der Waals surface area contributed by atoms with Crippen LogP contribution >= 0.6 is 11.3 Å². The van der Waals surface area contributed by atoms with Crippen molar-refractivity contribution in [3.63, 3.8) is 0 Å². The van der Waals surface area contributed by atoms with Crippen LogP contribution in [0.4, 0.5) is 0 Å². The van der Waals surface area contributed by atoms with Gasteiger partial charge in [0.05, 0.1) is 16.8 Å². The molecule has 2 heterocycles. The Morgan fingerprint density at radius 1 is 1.33 bits per heavy atom. The quantitative estimate of drug-likeness (QED) is 0.894. The molecule has 0 bridgehead atoms. The predicted octanol–water partition coefficient (Wildman–Crippen LogP) is 1.54. The first kappa shape index (κ1) is 14.0. The molecule has 0 spiro atoms. The number of nitrogens with one attached hydrogen (secondary N) is 1. The van der Waals surface area contributed by atoms with E-state index in [2.05, 4.69) is 10.3 Å². The lowest BCUT2D eigenvalue weighted by molar-refractivity contribution is -0.151. The van der Waals surface area contributed by atoms with E-state index < -0.39 is 18.2 Å². The smallest absolute Gasteiger partial charge is 0.332 e. The van der Waals surface area contributed by atoms with Crippen molar-refractivity contribution >= 4 is 33.4 Å². The average Bonchev–Trinajstić information content (AvgIpc) is 3.11. The number of ether oxygens (including phenoxy) is 1. The lowest BCUT2D eigenvalue weighted by Gasteiger charge is -2.10. The zero-order valence-corrected chi connectivity index (χ0v) is 11.9. The zero-order chi connectivity index (χ0) is 14.8. The maximum Gasteiger partial charge on any atom is 0.332 e. The molecule has 1 aromatic carbocycles. The van der Waals surface area contributed by atoms with E-state index in [1.54, 1.807) is 0 Å². The zero-order valence-electron chi connectivity index (χ0n) is 11.1. The van der Waals surface area contributed by atoms with Gasteiger partial charge in [-0.25, -0.2) is 9.78 Å². The highest BCUT2D eigenvalue weighted by atomic mass is 32.1. The highest BCUT2D eigenvalue weighted by molar-refractivity contribution is 7.18. The Kier molecular flexibility index (Phi) is 3.85. The molecule has 2 unspecified atom stereocenters. The van der Waals surface area contributed by atoms with E-state index in [9.17, 15) is 9.59 Å². The van der Waals surface area contributed by atoms with E-state index >= 15 is 0 Å². The van der Waals surface area contributed by atoms with Crippen LogP contribution in [0.25, 0.3) is 10.2 Å². The number of benzene rings is 1. The van der Waals surface area contributed by atoms with Gasteiger partial charge in [-0.3, -0.25) is 4.79 Å². The summed E-state index contributed by atoms with van der Waals surface area (Å²) < 4.78 is 6.28. The number of thiazole rings is 1. The highest BCUT2D eigenvalue weighted by Crippen LogP contribution is 2.22. The van der Waals surface area contributed by atoms with Crippen molar-refractivity contribution in [1.82, 2.24) is 10.3 Å². The number of carboxylic acids is 1. The Hall–Kier alpha value is -1.99. The van der Waals surface area contributed by atoms with Crippen LogP contribution in [0.2, 0.25) is 0 Å². The Bertz CT molecular complexity index is 651. The fourth-order valence-corrected chi connectivity index (χ4v) is 3.19. The van der Waals surface area contributed by atoms with Crippen molar-refractivity contribution in [3.05, 3.63) is 29.3 Å². The number of carbonyl (C=O) groups is 2. The van der Waals surface area contributed by atoms with E-state index in [4.69, 9.17) is 9.84 Å². The summed E-state index contributed by atoms with van der Waals surface area (Å²) in [6, 6.07) is 7.77. The molecule has 1 aromatic heterocycles. The van der Waals surface area contributed by atoms with Crippen LogP contribution in [0, 0.1) is 0 Å². The van der Waals surface area contributed by atoms with Gasteiger partial charge in [-0.15, -0.1) is 11.3 Å². The van der Waals surface area contributed by atoms with Gasteiger partial charge in [-0.05, 0) is 25.0 Å². The molecule has 1 amide bonds. The van der Waals surface area contributed by atoms with Gasteiger partial charge in [0.25, 0.3) is 0 Å². The summed E-state index contributed by atoms with van der Waals surface area (Å²) in [4.78, 5) is 27.2. The van der Waals surface area contributed by atoms with Gasteiger partial charge >= 0.3 is 5.97 Å². The summed E-state index contributed by atoms with van der Waals surface area (Å²) in [6.45, 7) is 0.329. The topological polar surface area (TPSA) is 88.5 Å². The number of amides is 1.